The van der Waals surface area contributed by atoms with Crippen LogP contribution in [0.5, 0.6) is 0 Å². The predicted octanol–water partition coefficient (Wildman–Crippen LogP) is 1.11. The van der Waals surface area contributed by atoms with E-state index in [1.165, 1.54) is 6.39 Å². The van der Waals surface area contributed by atoms with E-state index in [-0.39, 0.29) is 11.3 Å². The molecule has 1 amide bonds. The molecular formula is C12H13N3O2. The summed E-state index contributed by atoms with van der Waals surface area (Å²) in [5.74, 6) is 0.0128. The Bertz CT molecular complexity index is 572. The molecule has 1 saturated carbocycles. The summed E-state index contributed by atoms with van der Waals surface area (Å²) in [7, 11) is 1.69. The number of fused-ring (bicyclic) bond motifs is 1. The lowest BCUT2D eigenvalue weighted by molar-refractivity contribution is -0.124. The molecule has 1 heterocycles. The molecule has 17 heavy (non-hydrogen) atoms. The average molecular weight is 231 g/mol. The van der Waals surface area contributed by atoms with Crippen LogP contribution in [0.15, 0.2) is 29.0 Å². The fraction of sp³-hybridized carbons (Fsp3) is 0.333. The van der Waals surface area contributed by atoms with Gasteiger partial charge in [-0.05, 0) is 30.5 Å². The second kappa shape index (κ2) is 3.56. The first kappa shape index (κ1) is 10.3. The Hall–Kier alpha value is -1.88. The van der Waals surface area contributed by atoms with Crippen molar-refractivity contribution in [3.63, 3.8) is 0 Å². The minimum atomic E-state index is -0.385. The van der Waals surface area contributed by atoms with Crippen molar-refractivity contribution in [2.24, 2.45) is 0 Å². The van der Waals surface area contributed by atoms with E-state index in [1.54, 1.807) is 7.05 Å². The van der Waals surface area contributed by atoms with Gasteiger partial charge in [0, 0.05) is 7.05 Å². The number of carbonyl (C=O) groups is 1. The highest BCUT2D eigenvalue weighted by Gasteiger charge is 2.51. The van der Waals surface area contributed by atoms with Crippen LogP contribution in [0.1, 0.15) is 18.4 Å². The predicted molar refractivity (Wildman–Crippen MR) is 62.1 cm³/mol. The van der Waals surface area contributed by atoms with Crippen LogP contribution in [0, 0.1) is 0 Å². The SMILES string of the molecule is CNNC(=O)C1(c2ccc3ncoc3c2)CC1. The minimum absolute atomic E-state index is 0.0128. The number of nitrogens with one attached hydrogen (secondary N) is 2. The Morgan fingerprint density at radius 2 is 2.29 bits per heavy atom. The standard InChI is InChI=1S/C12H13N3O2/c1-13-15-11(16)12(4-5-12)8-2-3-9-10(6-8)17-7-14-9/h2-3,6-7,13H,4-5H2,1H3,(H,15,16). The van der Waals surface area contributed by atoms with Gasteiger partial charge in [-0.3, -0.25) is 10.2 Å². The van der Waals surface area contributed by atoms with E-state index in [2.05, 4.69) is 15.8 Å². The molecule has 0 aliphatic heterocycles. The van der Waals surface area contributed by atoms with Crippen molar-refractivity contribution >= 4 is 17.0 Å². The molecule has 3 rings (SSSR count). The van der Waals surface area contributed by atoms with Crippen LogP contribution in [0.3, 0.4) is 0 Å². The molecule has 0 unspecified atom stereocenters. The first-order valence-electron chi connectivity index (χ1n) is 5.57. The van der Waals surface area contributed by atoms with Crippen LogP contribution >= 0.6 is 0 Å². The van der Waals surface area contributed by atoms with Crippen LogP contribution in [0.2, 0.25) is 0 Å². The largest absolute Gasteiger partial charge is 0.443 e. The number of hydrazine groups is 1. The van der Waals surface area contributed by atoms with Crippen LogP contribution < -0.4 is 10.9 Å². The smallest absolute Gasteiger partial charge is 0.244 e. The third kappa shape index (κ3) is 1.51. The molecule has 2 aromatic rings. The quantitative estimate of drug-likeness (QED) is 0.776. The van der Waals surface area contributed by atoms with Gasteiger partial charge in [-0.1, -0.05) is 6.07 Å². The van der Waals surface area contributed by atoms with Gasteiger partial charge in [0.2, 0.25) is 5.91 Å². The lowest BCUT2D eigenvalue weighted by Gasteiger charge is -2.14. The molecule has 0 atom stereocenters. The normalized spacial score (nSPS) is 17.0. The number of oxazole rings is 1. The third-order valence-corrected chi connectivity index (χ3v) is 3.31. The van der Waals surface area contributed by atoms with Gasteiger partial charge in [-0.25, -0.2) is 10.4 Å². The number of nitrogens with zero attached hydrogens (tertiary/aromatic N) is 1. The molecular weight excluding hydrogens is 218 g/mol. The molecule has 1 aromatic heterocycles. The summed E-state index contributed by atoms with van der Waals surface area (Å²) in [6.45, 7) is 0. The van der Waals surface area contributed by atoms with E-state index >= 15 is 0 Å². The van der Waals surface area contributed by atoms with Gasteiger partial charge in [0.1, 0.15) is 5.52 Å². The lowest BCUT2D eigenvalue weighted by atomic mass is 9.95. The molecule has 1 aliphatic rings. The molecule has 2 N–H and O–H groups in total. The van der Waals surface area contributed by atoms with Gasteiger partial charge < -0.3 is 4.42 Å². The van der Waals surface area contributed by atoms with E-state index in [0.717, 1.165) is 29.5 Å². The number of rotatable bonds is 3. The number of aromatic nitrogens is 1. The maximum absolute atomic E-state index is 12.0. The molecule has 0 radical (unpaired) electrons. The van der Waals surface area contributed by atoms with E-state index in [0.29, 0.717) is 0 Å². The summed E-state index contributed by atoms with van der Waals surface area (Å²) in [6, 6.07) is 5.75. The van der Waals surface area contributed by atoms with E-state index < -0.39 is 0 Å². The molecule has 5 nitrogen and oxygen atoms in total. The molecule has 1 fully saturated rings. The maximum atomic E-state index is 12.0. The minimum Gasteiger partial charge on any atom is -0.443 e. The van der Waals surface area contributed by atoms with Gasteiger partial charge in [0.25, 0.3) is 0 Å². The molecule has 0 spiro atoms. The fourth-order valence-corrected chi connectivity index (χ4v) is 2.16. The zero-order chi connectivity index (χ0) is 11.9. The van der Waals surface area contributed by atoms with E-state index in [1.807, 2.05) is 18.2 Å². The van der Waals surface area contributed by atoms with E-state index in [4.69, 9.17) is 4.42 Å². The van der Waals surface area contributed by atoms with Crippen molar-refractivity contribution in [2.45, 2.75) is 18.3 Å². The number of hydrogen-bond acceptors (Lipinski definition) is 4. The topological polar surface area (TPSA) is 67.2 Å². The maximum Gasteiger partial charge on any atom is 0.244 e. The highest BCUT2D eigenvalue weighted by atomic mass is 16.3. The van der Waals surface area contributed by atoms with Crippen LogP contribution in [0.25, 0.3) is 11.1 Å². The fourth-order valence-electron chi connectivity index (χ4n) is 2.16. The van der Waals surface area contributed by atoms with Gasteiger partial charge in [-0.2, -0.15) is 0 Å². The van der Waals surface area contributed by atoms with Gasteiger partial charge >= 0.3 is 0 Å². The van der Waals surface area contributed by atoms with Crippen molar-refractivity contribution in [1.29, 1.82) is 0 Å². The van der Waals surface area contributed by atoms with Crippen molar-refractivity contribution in [2.75, 3.05) is 7.05 Å². The third-order valence-electron chi connectivity index (χ3n) is 3.31. The second-order valence-electron chi connectivity index (χ2n) is 4.32. The summed E-state index contributed by atoms with van der Waals surface area (Å²) in [4.78, 5) is 16.0. The number of carbonyl (C=O) groups excluding carboxylic acids is 1. The Kier molecular flexibility index (Phi) is 2.16. The van der Waals surface area contributed by atoms with Crippen molar-refractivity contribution < 1.29 is 9.21 Å². The van der Waals surface area contributed by atoms with Crippen LogP contribution in [-0.4, -0.2) is 17.9 Å². The lowest BCUT2D eigenvalue weighted by Crippen LogP contribution is -2.41. The van der Waals surface area contributed by atoms with Crippen LogP contribution in [-0.2, 0) is 10.2 Å². The van der Waals surface area contributed by atoms with Gasteiger partial charge in [-0.15, -0.1) is 0 Å². The van der Waals surface area contributed by atoms with Crippen molar-refractivity contribution in [3.8, 4) is 0 Å². The first-order chi connectivity index (χ1) is 8.26. The number of benzene rings is 1. The summed E-state index contributed by atoms with van der Waals surface area (Å²) >= 11 is 0. The Morgan fingerprint density at radius 1 is 1.47 bits per heavy atom. The summed E-state index contributed by atoms with van der Waals surface area (Å²) in [5, 5.41) is 0. The Balaban J connectivity index is 2.00. The molecule has 1 aromatic carbocycles. The van der Waals surface area contributed by atoms with Gasteiger partial charge in [0.15, 0.2) is 12.0 Å². The summed E-state index contributed by atoms with van der Waals surface area (Å²) < 4.78 is 5.26. The molecule has 0 bridgehead atoms. The molecule has 1 aliphatic carbocycles. The Labute approximate surface area is 98.2 Å². The molecule has 88 valence electrons. The summed E-state index contributed by atoms with van der Waals surface area (Å²) in [6.07, 6.45) is 3.17. The zero-order valence-corrected chi connectivity index (χ0v) is 9.49. The first-order valence-corrected chi connectivity index (χ1v) is 5.57. The van der Waals surface area contributed by atoms with Crippen molar-refractivity contribution in [3.05, 3.63) is 30.2 Å². The number of amides is 1. The van der Waals surface area contributed by atoms with E-state index in [9.17, 15) is 4.79 Å². The zero-order valence-electron chi connectivity index (χ0n) is 9.49. The van der Waals surface area contributed by atoms with Gasteiger partial charge in [0.05, 0.1) is 5.41 Å². The molecule has 5 heteroatoms. The van der Waals surface area contributed by atoms with Crippen molar-refractivity contribution in [1.82, 2.24) is 15.8 Å². The number of hydrogen-bond donors (Lipinski definition) is 2. The molecule has 0 saturated heterocycles. The second-order valence-corrected chi connectivity index (χ2v) is 4.32. The highest BCUT2D eigenvalue weighted by Crippen LogP contribution is 2.48. The average Bonchev–Trinajstić information content (AvgIpc) is 3.02. The summed E-state index contributed by atoms with van der Waals surface area (Å²) in [5.41, 5.74) is 7.49. The highest BCUT2D eigenvalue weighted by molar-refractivity contribution is 5.92. The Morgan fingerprint density at radius 3 is 3.00 bits per heavy atom. The van der Waals surface area contributed by atoms with Crippen LogP contribution in [0.4, 0.5) is 0 Å². The monoisotopic (exact) mass is 231 g/mol.